The van der Waals surface area contributed by atoms with Crippen LogP contribution in [0.25, 0.3) is 0 Å². The summed E-state index contributed by atoms with van der Waals surface area (Å²) in [6.45, 7) is 7.48. The lowest BCUT2D eigenvalue weighted by molar-refractivity contribution is -0.251. The van der Waals surface area contributed by atoms with Crippen molar-refractivity contribution in [3.63, 3.8) is 0 Å². The third kappa shape index (κ3) is 11.2. The first kappa shape index (κ1) is 37.4. The normalized spacial score (nSPS) is 31.0. The lowest BCUT2D eigenvalue weighted by Gasteiger charge is -2.50. The van der Waals surface area contributed by atoms with Crippen molar-refractivity contribution in [1.82, 2.24) is 10.6 Å². The molecule has 1 saturated heterocycles. The minimum absolute atomic E-state index is 0.00978. The van der Waals surface area contributed by atoms with E-state index in [0.29, 0.717) is 0 Å². The van der Waals surface area contributed by atoms with Crippen LogP contribution >= 0.6 is 0 Å². The van der Waals surface area contributed by atoms with Crippen LogP contribution in [0.1, 0.15) is 54.9 Å². The van der Waals surface area contributed by atoms with Crippen LogP contribution in [0.3, 0.4) is 0 Å². The number of hydrogen-bond acceptors (Lipinski definition) is 16. The van der Waals surface area contributed by atoms with Crippen molar-refractivity contribution in [2.75, 3.05) is 20.3 Å². The minimum Gasteiger partial charge on any atom is -0.465 e. The van der Waals surface area contributed by atoms with Gasteiger partial charge in [0.05, 0.1) is 18.7 Å². The maximum Gasteiger partial charge on any atom is 0.303 e. The van der Waals surface area contributed by atoms with Crippen molar-refractivity contribution in [3.05, 3.63) is 0 Å². The van der Waals surface area contributed by atoms with Crippen molar-refractivity contribution in [2.24, 2.45) is 5.92 Å². The Labute approximate surface area is 260 Å². The number of carbonyl (C=O) groups excluding carboxylic acids is 7. The summed E-state index contributed by atoms with van der Waals surface area (Å²) in [5.74, 6) is -5.60. The molecule has 2 rings (SSSR count). The second kappa shape index (κ2) is 17.0. The van der Waals surface area contributed by atoms with Crippen LogP contribution in [0.2, 0.25) is 0 Å². The minimum atomic E-state index is -1.39. The standard InChI is InChI=1S/C28H42N2O15/c1-12(31)29-23-22(26(43-17(6)36)21(11-40-14(3)33)45-28(23)38-8)30-20-9-19(10-39-13(2)32)24(41-15(4)34)27(44-18(7)37)25(20)42-16(5)35/h19-28,30H,9-11H2,1-8H3,(H,29,31)/t19-,20-,21-,22-,23-,24+,25+,26-,27+,28-/m1/s1. The molecule has 17 nitrogen and oxygen atoms in total. The van der Waals surface area contributed by atoms with Gasteiger partial charge >= 0.3 is 35.8 Å². The Kier molecular flexibility index (Phi) is 14.1. The van der Waals surface area contributed by atoms with Gasteiger partial charge in [-0.25, -0.2) is 0 Å². The summed E-state index contributed by atoms with van der Waals surface area (Å²) < 4.78 is 44.1. The molecule has 17 heteroatoms. The van der Waals surface area contributed by atoms with E-state index in [1.165, 1.54) is 27.9 Å². The molecule has 10 atom stereocenters. The number of methoxy groups -OCH3 is 1. The van der Waals surface area contributed by atoms with Gasteiger partial charge in [-0.15, -0.1) is 0 Å². The number of esters is 6. The van der Waals surface area contributed by atoms with Crippen LogP contribution < -0.4 is 10.6 Å². The lowest BCUT2D eigenvalue weighted by atomic mass is 9.78. The van der Waals surface area contributed by atoms with E-state index in [9.17, 15) is 33.6 Å². The van der Waals surface area contributed by atoms with Crippen molar-refractivity contribution < 1.29 is 71.5 Å². The molecule has 2 N–H and O–H groups in total. The number of ether oxygens (including phenoxy) is 8. The van der Waals surface area contributed by atoms with E-state index in [1.807, 2.05) is 0 Å². The molecule has 1 aliphatic carbocycles. The molecule has 0 unspecified atom stereocenters. The zero-order valence-corrected chi connectivity index (χ0v) is 26.5. The smallest absolute Gasteiger partial charge is 0.303 e. The second-order valence-corrected chi connectivity index (χ2v) is 10.7. The molecule has 1 heterocycles. The number of nitrogens with one attached hydrogen (secondary N) is 2. The Hall–Kier alpha value is -3.83. The first-order valence-corrected chi connectivity index (χ1v) is 14.2. The Morgan fingerprint density at radius 1 is 0.622 bits per heavy atom. The third-order valence-electron chi connectivity index (χ3n) is 6.94. The highest BCUT2D eigenvalue weighted by Crippen LogP contribution is 2.35. The molecule has 0 spiro atoms. The first-order valence-electron chi connectivity index (χ1n) is 14.2. The molecule has 1 amide bonds. The lowest BCUT2D eigenvalue weighted by Crippen LogP contribution is -2.73. The van der Waals surface area contributed by atoms with Gasteiger partial charge in [0.1, 0.15) is 24.9 Å². The molecular formula is C28H42N2O15. The summed E-state index contributed by atoms with van der Waals surface area (Å²) >= 11 is 0. The van der Waals surface area contributed by atoms with Gasteiger partial charge in [-0.1, -0.05) is 0 Å². The van der Waals surface area contributed by atoms with Crippen molar-refractivity contribution in [3.8, 4) is 0 Å². The van der Waals surface area contributed by atoms with Crippen LogP contribution in [0.5, 0.6) is 0 Å². The largest absolute Gasteiger partial charge is 0.465 e. The summed E-state index contributed by atoms with van der Waals surface area (Å²) in [5.41, 5.74) is 0. The van der Waals surface area contributed by atoms with Gasteiger partial charge in [-0.2, -0.15) is 0 Å². The third-order valence-corrected chi connectivity index (χ3v) is 6.94. The Bertz CT molecular complexity index is 1110. The van der Waals surface area contributed by atoms with E-state index in [-0.39, 0.29) is 19.6 Å². The maximum absolute atomic E-state index is 12.3. The van der Waals surface area contributed by atoms with Crippen LogP contribution in [0.4, 0.5) is 0 Å². The summed E-state index contributed by atoms with van der Waals surface area (Å²) in [6.07, 6.45) is -7.40. The van der Waals surface area contributed by atoms with Gasteiger partial charge < -0.3 is 48.5 Å². The van der Waals surface area contributed by atoms with Gasteiger partial charge in [0.2, 0.25) is 5.91 Å². The number of hydrogen-bond donors (Lipinski definition) is 2. The predicted molar refractivity (Wildman–Crippen MR) is 148 cm³/mol. The van der Waals surface area contributed by atoms with Crippen LogP contribution in [-0.2, 0) is 71.5 Å². The van der Waals surface area contributed by atoms with E-state index < -0.39 is 103 Å². The monoisotopic (exact) mass is 646 g/mol. The number of amides is 1. The average Bonchev–Trinajstić information content (AvgIpc) is 2.90. The summed E-state index contributed by atoms with van der Waals surface area (Å²) in [6, 6.07) is -3.10. The summed E-state index contributed by atoms with van der Waals surface area (Å²) in [7, 11) is 1.31. The molecule has 2 aliphatic rings. The van der Waals surface area contributed by atoms with Gasteiger partial charge in [-0.3, -0.25) is 33.6 Å². The average molecular weight is 647 g/mol. The van der Waals surface area contributed by atoms with Gasteiger partial charge in [0.15, 0.2) is 18.5 Å². The van der Waals surface area contributed by atoms with Crippen LogP contribution in [0.15, 0.2) is 0 Å². The molecule has 254 valence electrons. The molecule has 1 aliphatic heterocycles. The van der Waals surface area contributed by atoms with E-state index in [0.717, 1.165) is 27.7 Å². The van der Waals surface area contributed by atoms with Crippen molar-refractivity contribution in [1.29, 1.82) is 0 Å². The van der Waals surface area contributed by atoms with E-state index >= 15 is 0 Å². The fourth-order valence-corrected chi connectivity index (χ4v) is 5.50. The Balaban J connectivity index is 2.70. The van der Waals surface area contributed by atoms with E-state index in [2.05, 4.69) is 10.6 Å². The molecule has 0 aromatic heterocycles. The van der Waals surface area contributed by atoms with Gasteiger partial charge in [-0.05, 0) is 6.42 Å². The molecule has 2 fully saturated rings. The zero-order valence-electron chi connectivity index (χ0n) is 26.5. The zero-order chi connectivity index (χ0) is 34.0. The highest BCUT2D eigenvalue weighted by atomic mass is 16.7. The first-order chi connectivity index (χ1) is 21.0. The van der Waals surface area contributed by atoms with Crippen molar-refractivity contribution in [2.45, 2.75) is 110 Å². The van der Waals surface area contributed by atoms with Crippen LogP contribution in [0, 0.1) is 5.92 Å². The number of rotatable bonds is 12. The molecule has 1 saturated carbocycles. The van der Waals surface area contributed by atoms with E-state index in [4.69, 9.17) is 37.9 Å². The van der Waals surface area contributed by atoms with Crippen molar-refractivity contribution >= 4 is 41.7 Å². The van der Waals surface area contributed by atoms with Gasteiger partial charge in [0.25, 0.3) is 0 Å². The fraction of sp³-hybridized carbons (Fsp3) is 0.750. The predicted octanol–water partition coefficient (Wildman–Crippen LogP) is -0.938. The molecular weight excluding hydrogens is 604 g/mol. The topological polar surface area (TPSA) is 217 Å². The Morgan fingerprint density at radius 2 is 1.11 bits per heavy atom. The van der Waals surface area contributed by atoms with Crippen LogP contribution in [-0.4, -0.2) is 117 Å². The molecule has 45 heavy (non-hydrogen) atoms. The molecule has 0 aromatic rings. The summed E-state index contributed by atoms with van der Waals surface area (Å²) in [4.78, 5) is 84.7. The van der Waals surface area contributed by atoms with E-state index in [1.54, 1.807) is 0 Å². The SMILES string of the molecule is CO[C@@H]1O[C@H](COC(C)=O)[C@@H](OC(C)=O)[C@H](N[C@@H]2C[C@H](COC(C)=O)[C@H](OC(C)=O)[C@H](OC(C)=O)[C@H]2OC(C)=O)[C@H]1NC(C)=O. The Morgan fingerprint density at radius 3 is 1.60 bits per heavy atom. The summed E-state index contributed by atoms with van der Waals surface area (Å²) in [5, 5.41) is 5.97. The highest BCUT2D eigenvalue weighted by molar-refractivity contribution is 5.73. The van der Waals surface area contributed by atoms with Gasteiger partial charge in [0, 0.05) is 67.5 Å². The molecule has 0 aromatic carbocycles. The fourth-order valence-electron chi connectivity index (χ4n) is 5.50. The molecule has 0 radical (unpaired) electrons. The number of carbonyl (C=O) groups is 7. The second-order valence-electron chi connectivity index (χ2n) is 10.7. The maximum atomic E-state index is 12.3. The molecule has 0 bridgehead atoms. The quantitative estimate of drug-likeness (QED) is 0.193. The highest BCUT2D eigenvalue weighted by Gasteiger charge is 2.55.